The third-order valence-electron chi connectivity index (χ3n) is 18.2. The molecule has 0 unspecified atom stereocenters. The fourth-order valence-corrected chi connectivity index (χ4v) is 13.7. The molecule has 0 aliphatic heterocycles. The van der Waals surface area contributed by atoms with Crippen LogP contribution in [0.3, 0.4) is 0 Å². The highest BCUT2D eigenvalue weighted by Gasteiger charge is 2.36. The second-order valence-corrected chi connectivity index (χ2v) is 24.6. The topological polar surface area (TPSA) is 8.17 Å². The van der Waals surface area contributed by atoms with Gasteiger partial charge in [0.05, 0.1) is 11.0 Å². The summed E-state index contributed by atoms with van der Waals surface area (Å²) in [6.07, 6.45) is 14.8. The minimum absolute atomic E-state index is 0.114. The van der Waals surface area contributed by atoms with E-state index >= 15 is 0 Å². The maximum absolute atomic E-state index is 2.47. The summed E-state index contributed by atoms with van der Waals surface area (Å²) in [6.45, 7) is 11.5. The van der Waals surface area contributed by atoms with Gasteiger partial charge in [-0.1, -0.05) is 248 Å². The Bertz CT molecular complexity index is 4330. The van der Waals surface area contributed by atoms with Gasteiger partial charge in [-0.05, 0) is 200 Å². The molecule has 0 radical (unpaired) electrons. The first-order chi connectivity index (χ1) is 41.7. The van der Waals surface area contributed by atoms with Crippen LogP contribution in [0.25, 0.3) is 94.3 Å². The van der Waals surface area contributed by atoms with Gasteiger partial charge in [-0.25, -0.2) is 0 Å². The summed E-state index contributed by atoms with van der Waals surface area (Å²) in [5.74, 6) is 0. The zero-order valence-corrected chi connectivity index (χ0v) is 50.3. The van der Waals surface area contributed by atoms with Gasteiger partial charge in [-0.2, -0.15) is 0 Å². The van der Waals surface area contributed by atoms with Crippen LogP contribution in [-0.2, 0) is 11.8 Å². The monoisotopic (exact) mass is 1100 g/mol. The van der Waals surface area contributed by atoms with E-state index in [1.165, 1.54) is 181 Å². The quantitative estimate of drug-likeness (QED) is 0.0691. The second-order valence-electron chi connectivity index (χ2n) is 24.6. The zero-order chi connectivity index (χ0) is 57.9. The lowest BCUT2D eigenvalue weighted by Crippen LogP contribution is -2.16. The molecular formula is C83H78N2. The average Bonchev–Trinajstić information content (AvgIpc) is 1.98. The molecule has 0 atom stereocenters. The lowest BCUT2D eigenvalue weighted by Gasteiger charge is -2.28. The fraction of sp³-hybridized carbons (Fsp3) is 0.205. The summed E-state index contributed by atoms with van der Waals surface area (Å²) in [4.78, 5) is 2.42. The molecule has 1 aliphatic rings. The first kappa shape index (κ1) is 55.2. The van der Waals surface area contributed by atoms with Crippen LogP contribution in [0.1, 0.15) is 113 Å². The molecule has 0 bridgehead atoms. The van der Waals surface area contributed by atoms with Crippen molar-refractivity contribution in [3.05, 3.63) is 277 Å². The number of hydrogen-bond donors (Lipinski definition) is 0. The minimum atomic E-state index is -0.114. The van der Waals surface area contributed by atoms with E-state index in [4.69, 9.17) is 0 Å². The Morgan fingerprint density at radius 3 is 1.55 bits per heavy atom. The molecule has 0 amide bonds. The van der Waals surface area contributed by atoms with Crippen molar-refractivity contribution >= 4 is 38.9 Å². The molecule has 13 rings (SSSR count). The molecule has 0 fully saturated rings. The number of rotatable bonds is 20. The molecular weight excluding hydrogens is 1020 g/mol. The number of fused-ring (bicyclic) bond motifs is 6. The molecule has 2 heteroatoms. The third kappa shape index (κ3) is 11.4. The van der Waals surface area contributed by atoms with E-state index in [2.05, 4.69) is 293 Å². The predicted octanol–water partition coefficient (Wildman–Crippen LogP) is 24.0. The number of para-hydroxylation sites is 1. The number of anilines is 3. The molecule has 0 saturated carbocycles. The summed E-state index contributed by atoms with van der Waals surface area (Å²) >= 11 is 0. The van der Waals surface area contributed by atoms with Crippen molar-refractivity contribution in [3.8, 4) is 72.4 Å². The Balaban J connectivity index is 0.778. The van der Waals surface area contributed by atoms with Crippen molar-refractivity contribution in [2.24, 2.45) is 0 Å². The first-order valence-electron chi connectivity index (χ1n) is 31.4. The largest absolute Gasteiger partial charge is 0.310 e. The molecule has 1 heterocycles. The lowest BCUT2D eigenvalue weighted by atomic mass is 9.82. The van der Waals surface area contributed by atoms with Crippen LogP contribution in [0.15, 0.2) is 249 Å². The van der Waals surface area contributed by atoms with Crippen LogP contribution in [0.4, 0.5) is 17.1 Å². The van der Waals surface area contributed by atoms with Gasteiger partial charge in [0.1, 0.15) is 0 Å². The Kier molecular flexibility index (Phi) is 15.8. The van der Waals surface area contributed by atoms with Gasteiger partial charge in [0.2, 0.25) is 0 Å². The van der Waals surface area contributed by atoms with Gasteiger partial charge < -0.3 is 9.47 Å². The second kappa shape index (κ2) is 24.3. The maximum atomic E-state index is 2.47. The van der Waals surface area contributed by atoms with E-state index in [0.29, 0.717) is 0 Å². The molecule has 420 valence electrons. The number of hydrogen-bond acceptors (Lipinski definition) is 1. The van der Waals surface area contributed by atoms with Gasteiger partial charge in [0.15, 0.2) is 0 Å². The molecule has 0 saturated heterocycles. The molecule has 0 N–H and O–H groups in total. The first-order valence-corrected chi connectivity index (χ1v) is 31.4. The van der Waals surface area contributed by atoms with Gasteiger partial charge in [0.25, 0.3) is 0 Å². The summed E-state index contributed by atoms with van der Waals surface area (Å²) < 4.78 is 2.47. The average molecular weight is 1100 g/mol. The van der Waals surface area contributed by atoms with E-state index in [9.17, 15) is 0 Å². The highest BCUT2D eigenvalue weighted by Crippen LogP contribution is 2.51. The van der Waals surface area contributed by atoms with E-state index < -0.39 is 0 Å². The van der Waals surface area contributed by atoms with E-state index in [-0.39, 0.29) is 5.41 Å². The molecule has 1 aromatic heterocycles. The van der Waals surface area contributed by atoms with Crippen LogP contribution in [0, 0.1) is 13.8 Å². The summed E-state index contributed by atoms with van der Waals surface area (Å²) in [7, 11) is 0. The molecule has 11 aromatic carbocycles. The van der Waals surface area contributed by atoms with Crippen molar-refractivity contribution in [2.75, 3.05) is 4.90 Å². The maximum Gasteiger partial charge on any atom is 0.0541 e. The molecule has 85 heavy (non-hydrogen) atoms. The van der Waals surface area contributed by atoms with Crippen LogP contribution < -0.4 is 4.90 Å². The Morgan fingerprint density at radius 1 is 0.329 bits per heavy atom. The minimum Gasteiger partial charge on any atom is -0.310 e. The van der Waals surface area contributed by atoms with Crippen LogP contribution in [0.2, 0.25) is 0 Å². The Morgan fingerprint density at radius 2 is 0.824 bits per heavy atom. The van der Waals surface area contributed by atoms with Gasteiger partial charge in [-0.15, -0.1) is 0 Å². The number of unbranched alkanes of at least 4 members (excludes halogenated alkanes) is 9. The zero-order valence-electron chi connectivity index (χ0n) is 50.3. The van der Waals surface area contributed by atoms with Crippen molar-refractivity contribution in [1.82, 2.24) is 4.57 Å². The molecule has 2 nitrogen and oxygen atoms in total. The fourth-order valence-electron chi connectivity index (χ4n) is 13.7. The molecule has 0 spiro atoms. The van der Waals surface area contributed by atoms with Crippen molar-refractivity contribution in [3.63, 3.8) is 0 Å². The highest BCUT2D eigenvalue weighted by molar-refractivity contribution is 6.10. The molecule has 12 aromatic rings. The molecule has 1 aliphatic carbocycles. The van der Waals surface area contributed by atoms with Gasteiger partial charge in [0, 0.05) is 38.9 Å². The summed E-state index contributed by atoms with van der Waals surface area (Å²) in [6, 6.07) is 93.3. The summed E-state index contributed by atoms with van der Waals surface area (Å²) in [5, 5.41) is 2.48. The van der Waals surface area contributed by atoms with E-state index in [0.717, 1.165) is 29.2 Å². The van der Waals surface area contributed by atoms with Crippen LogP contribution in [0.5, 0.6) is 0 Å². The predicted molar refractivity (Wildman–Crippen MR) is 365 cm³/mol. The Hall–Kier alpha value is -8.98. The Labute approximate surface area is 505 Å². The third-order valence-corrected chi connectivity index (χ3v) is 18.2. The lowest BCUT2D eigenvalue weighted by molar-refractivity contribution is 0.556. The van der Waals surface area contributed by atoms with Gasteiger partial charge >= 0.3 is 0 Å². The van der Waals surface area contributed by atoms with Crippen molar-refractivity contribution in [1.29, 1.82) is 0 Å². The number of nitrogens with zero attached hydrogens (tertiary/aromatic N) is 2. The smallest absolute Gasteiger partial charge is 0.0541 e. The van der Waals surface area contributed by atoms with Crippen molar-refractivity contribution < 1.29 is 0 Å². The summed E-state index contributed by atoms with van der Waals surface area (Å²) in [5.41, 5.74) is 28.4. The van der Waals surface area contributed by atoms with E-state index in [1.807, 2.05) is 0 Å². The SMILES string of the molecule is CCCCCCCCCCCCc1cccc(-c2cccc(-c3cc(C)cc(-c4cc(C)cc(-n5c6ccccc6c6cc(-c7ccc(N(c8ccc(-c9ccccc9)cc8)c8ccc9c(c8)C(C)(C)c8ccccc8-9)cc7)ccc65)c4)c3)c2)c1. The van der Waals surface area contributed by atoms with Gasteiger partial charge in [-0.3, -0.25) is 0 Å². The normalized spacial score (nSPS) is 12.4. The van der Waals surface area contributed by atoms with Crippen molar-refractivity contribution in [2.45, 2.75) is 111 Å². The highest BCUT2D eigenvalue weighted by atomic mass is 15.1. The number of benzene rings is 11. The standard InChI is InChI=1S/C83H78N2/c1-6-7-8-9-10-11-12-13-14-16-25-60-26-23-29-64(52-60)65-30-24-31-66(53-65)68-48-58(2)49-69(54-68)70-50-59(3)51-74(55-70)85-81-35-22-20-33-77(81)78-56-67(40-47-82(78)85)63-38-43-72(44-39-63)84(71-41-36-62(37-42-71)61-27-17-15-18-28-61)73-45-46-76-75-32-19-21-34-79(75)83(4,5)80(76)57-73/h15,17-24,26-57H,6-14,16,25H2,1-5H3. The van der Waals surface area contributed by atoms with Crippen LogP contribution in [-0.4, -0.2) is 4.57 Å². The van der Waals surface area contributed by atoms with E-state index in [1.54, 1.807) is 0 Å². The number of aryl methyl sites for hydroxylation is 3. The van der Waals surface area contributed by atoms with Crippen LogP contribution >= 0.6 is 0 Å². The number of aromatic nitrogens is 1.